The van der Waals surface area contributed by atoms with Crippen molar-refractivity contribution in [1.29, 1.82) is 0 Å². The van der Waals surface area contributed by atoms with E-state index in [1.54, 1.807) is 12.1 Å². The van der Waals surface area contributed by atoms with Gasteiger partial charge >= 0.3 is 0 Å². The van der Waals surface area contributed by atoms with Gasteiger partial charge in [0.2, 0.25) is 0 Å². The molecular weight excluding hydrogens is 326 g/mol. The van der Waals surface area contributed by atoms with Crippen LogP contribution in [0.2, 0.25) is 10.0 Å². The molecule has 0 unspecified atom stereocenters. The van der Waals surface area contributed by atoms with Gasteiger partial charge in [0.05, 0.1) is 5.69 Å². The molecule has 0 atom stereocenters. The van der Waals surface area contributed by atoms with Gasteiger partial charge in [0.25, 0.3) is 0 Å². The zero-order valence-corrected chi connectivity index (χ0v) is 13.3. The largest absolute Gasteiger partial charge is 0.360 e. The van der Waals surface area contributed by atoms with Crippen molar-refractivity contribution in [3.05, 3.63) is 56.7 Å². The zero-order valence-electron chi connectivity index (χ0n) is 11.8. The molecule has 116 valence electrons. The highest BCUT2D eigenvalue weighted by atomic mass is 35.5. The summed E-state index contributed by atoms with van der Waals surface area (Å²) in [5, 5.41) is 5.25. The number of allylic oxidation sites excluding steroid dienone is 1. The van der Waals surface area contributed by atoms with Crippen LogP contribution >= 0.6 is 23.2 Å². The molecule has 22 heavy (non-hydrogen) atoms. The maximum atomic E-state index is 14.1. The lowest BCUT2D eigenvalue weighted by Gasteiger charge is -2.15. The Balaban J connectivity index is 2.01. The number of nitrogens with zero attached hydrogens (tertiary/aromatic N) is 1. The highest BCUT2D eigenvalue weighted by Crippen LogP contribution is 2.37. The highest BCUT2D eigenvalue weighted by molar-refractivity contribution is 6.35. The van der Waals surface area contributed by atoms with Crippen molar-refractivity contribution in [3.63, 3.8) is 0 Å². The first kappa shape index (κ1) is 15.5. The Morgan fingerprint density at radius 2 is 2.14 bits per heavy atom. The summed E-state index contributed by atoms with van der Waals surface area (Å²) in [6.45, 7) is -0.110. The van der Waals surface area contributed by atoms with E-state index in [9.17, 15) is 4.39 Å². The molecule has 3 rings (SSSR count). The monoisotopic (exact) mass is 340 g/mol. The van der Waals surface area contributed by atoms with Crippen molar-refractivity contribution in [3.8, 4) is 0 Å². The molecule has 0 amide bonds. The van der Waals surface area contributed by atoms with Gasteiger partial charge in [-0.1, -0.05) is 34.4 Å². The molecule has 2 N–H and O–H groups in total. The van der Waals surface area contributed by atoms with Crippen LogP contribution in [0.4, 0.5) is 4.39 Å². The van der Waals surface area contributed by atoms with Gasteiger partial charge in [-0.05, 0) is 36.1 Å². The molecular formula is C16H15Cl2FN2O. The Kier molecular flexibility index (Phi) is 4.52. The first-order valence-corrected chi connectivity index (χ1v) is 7.85. The van der Waals surface area contributed by atoms with E-state index in [-0.39, 0.29) is 12.4 Å². The number of nitrogens with two attached hydrogens (primary N) is 1. The Labute approximate surface area is 137 Å². The average Bonchev–Trinajstić information content (AvgIpc) is 2.92. The molecule has 6 heteroatoms. The van der Waals surface area contributed by atoms with E-state index in [1.165, 1.54) is 0 Å². The summed E-state index contributed by atoms with van der Waals surface area (Å²) in [6, 6.07) is 5.30. The first-order valence-electron chi connectivity index (χ1n) is 7.09. The minimum atomic E-state index is -0.299. The molecule has 0 spiro atoms. The smallest absolute Gasteiger partial charge is 0.144 e. The van der Waals surface area contributed by atoms with E-state index in [1.807, 2.05) is 6.07 Å². The number of fused-ring (bicyclic) bond motifs is 1. The Bertz CT molecular complexity index is 740. The van der Waals surface area contributed by atoms with Gasteiger partial charge in [-0.3, -0.25) is 0 Å². The molecule has 1 aromatic heterocycles. The molecule has 0 fully saturated rings. The summed E-state index contributed by atoms with van der Waals surface area (Å²) in [4.78, 5) is 0. The molecule has 1 aliphatic carbocycles. The van der Waals surface area contributed by atoms with E-state index in [0.717, 1.165) is 29.7 Å². The van der Waals surface area contributed by atoms with Crippen LogP contribution in [-0.4, -0.2) is 11.7 Å². The number of hydrogen-bond acceptors (Lipinski definition) is 3. The number of aryl methyl sites for hydroxylation is 1. The molecule has 1 aromatic carbocycles. The predicted molar refractivity (Wildman–Crippen MR) is 85.8 cm³/mol. The molecule has 0 radical (unpaired) electrons. The quantitative estimate of drug-likeness (QED) is 0.891. The van der Waals surface area contributed by atoms with E-state index in [0.29, 0.717) is 34.2 Å². The molecule has 3 nitrogen and oxygen atoms in total. The fraction of sp³-hybridized carbons (Fsp3) is 0.312. The van der Waals surface area contributed by atoms with Gasteiger partial charge in [-0.15, -0.1) is 0 Å². The molecule has 0 bridgehead atoms. The Morgan fingerprint density at radius 1 is 1.32 bits per heavy atom. The number of halogens is 3. The van der Waals surface area contributed by atoms with Gasteiger partial charge in [-0.2, -0.15) is 0 Å². The van der Waals surface area contributed by atoms with Crippen LogP contribution in [0.25, 0.3) is 5.57 Å². The SMILES string of the molecule is NC/C(F)=C1\CCCc2onc(Cc3ccc(Cl)cc3Cl)c21. The minimum Gasteiger partial charge on any atom is -0.360 e. The number of rotatable bonds is 3. The van der Waals surface area contributed by atoms with Crippen LogP contribution in [-0.2, 0) is 12.8 Å². The van der Waals surface area contributed by atoms with Crippen LogP contribution in [0.15, 0.2) is 28.5 Å². The van der Waals surface area contributed by atoms with Gasteiger partial charge in [0, 0.05) is 35.0 Å². The summed E-state index contributed by atoms with van der Waals surface area (Å²) in [7, 11) is 0. The number of benzene rings is 1. The van der Waals surface area contributed by atoms with Gasteiger partial charge in [-0.25, -0.2) is 4.39 Å². The molecule has 2 aromatic rings. The molecule has 0 saturated carbocycles. The third kappa shape index (κ3) is 2.91. The summed E-state index contributed by atoms with van der Waals surface area (Å²) in [5.74, 6) is 0.428. The van der Waals surface area contributed by atoms with Crippen molar-refractivity contribution in [2.24, 2.45) is 5.73 Å². The minimum absolute atomic E-state index is 0.110. The fourth-order valence-electron chi connectivity index (χ4n) is 2.79. The van der Waals surface area contributed by atoms with Crippen molar-refractivity contribution in [2.75, 3.05) is 6.54 Å². The fourth-order valence-corrected chi connectivity index (χ4v) is 3.26. The maximum Gasteiger partial charge on any atom is 0.144 e. The standard InChI is InChI=1S/C16H15Cl2FN2O/c17-10-5-4-9(12(18)7-10)6-14-16-11(13(19)8-20)2-1-3-15(16)22-21-14/h4-5,7H,1-3,6,8,20H2/b13-11-. The topological polar surface area (TPSA) is 52.0 Å². The lowest BCUT2D eigenvalue weighted by atomic mass is 9.89. The molecule has 0 saturated heterocycles. The second-order valence-electron chi connectivity index (χ2n) is 5.28. The summed E-state index contributed by atoms with van der Waals surface area (Å²) >= 11 is 12.1. The summed E-state index contributed by atoms with van der Waals surface area (Å²) in [5.41, 5.74) is 8.40. The molecule has 1 aliphatic rings. The van der Waals surface area contributed by atoms with Crippen molar-refractivity contribution in [1.82, 2.24) is 5.16 Å². The van der Waals surface area contributed by atoms with Gasteiger partial charge in [0.1, 0.15) is 11.6 Å². The molecule has 1 heterocycles. The highest BCUT2D eigenvalue weighted by Gasteiger charge is 2.26. The first-order chi connectivity index (χ1) is 10.6. The van der Waals surface area contributed by atoms with Gasteiger partial charge < -0.3 is 10.3 Å². The number of aromatic nitrogens is 1. The lowest BCUT2D eigenvalue weighted by Crippen LogP contribution is -2.08. The third-order valence-corrected chi connectivity index (χ3v) is 4.43. The Hall–Kier alpha value is -1.36. The average molecular weight is 341 g/mol. The maximum absolute atomic E-state index is 14.1. The van der Waals surface area contributed by atoms with Crippen LogP contribution in [0.5, 0.6) is 0 Å². The van der Waals surface area contributed by atoms with E-state index < -0.39 is 0 Å². The van der Waals surface area contributed by atoms with Gasteiger partial charge in [0.15, 0.2) is 0 Å². The number of hydrogen-bond donors (Lipinski definition) is 1. The van der Waals surface area contributed by atoms with Crippen LogP contribution in [0.1, 0.15) is 35.4 Å². The predicted octanol–water partition coefficient (Wildman–Crippen LogP) is 4.55. The zero-order chi connectivity index (χ0) is 15.7. The van der Waals surface area contributed by atoms with E-state index in [4.69, 9.17) is 33.5 Å². The third-order valence-electron chi connectivity index (χ3n) is 3.85. The lowest BCUT2D eigenvalue weighted by molar-refractivity contribution is 0.374. The normalized spacial score (nSPS) is 16.5. The van der Waals surface area contributed by atoms with Crippen molar-refractivity contribution < 1.29 is 8.91 Å². The van der Waals surface area contributed by atoms with Crippen LogP contribution in [0, 0.1) is 0 Å². The van der Waals surface area contributed by atoms with Crippen LogP contribution in [0.3, 0.4) is 0 Å². The van der Waals surface area contributed by atoms with E-state index >= 15 is 0 Å². The van der Waals surface area contributed by atoms with Crippen LogP contribution < -0.4 is 5.73 Å². The summed E-state index contributed by atoms with van der Waals surface area (Å²) < 4.78 is 19.5. The Morgan fingerprint density at radius 3 is 2.86 bits per heavy atom. The summed E-state index contributed by atoms with van der Waals surface area (Å²) in [6.07, 6.45) is 2.72. The molecule has 0 aliphatic heterocycles. The van der Waals surface area contributed by atoms with Crippen molar-refractivity contribution >= 4 is 28.8 Å². The van der Waals surface area contributed by atoms with E-state index in [2.05, 4.69) is 5.16 Å². The second-order valence-corrected chi connectivity index (χ2v) is 6.12. The second kappa shape index (κ2) is 6.41. The van der Waals surface area contributed by atoms with Crippen molar-refractivity contribution in [2.45, 2.75) is 25.7 Å².